The lowest BCUT2D eigenvalue weighted by Gasteiger charge is -2.29. The van der Waals surface area contributed by atoms with Crippen LogP contribution in [0, 0.1) is 0 Å². The number of rotatable bonds is 0. The number of nitrogens with zero attached hydrogens (tertiary/aromatic N) is 5. The zero-order valence-electron chi connectivity index (χ0n) is 13.5. The van der Waals surface area contributed by atoms with Crippen molar-refractivity contribution in [3.05, 3.63) is 66.0 Å². The Morgan fingerprint density at radius 1 is 0.760 bits per heavy atom. The van der Waals surface area contributed by atoms with Crippen molar-refractivity contribution in [3.63, 3.8) is 0 Å². The lowest BCUT2D eigenvalue weighted by Crippen LogP contribution is -2.37. The van der Waals surface area contributed by atoms with Crippen LogP contribution in [0.2, 0.25) is 0 Å². The number of hydrogen-bond acceptors (Lipinski definition) is 5. The van der Waals surface area contributed by atoms with Crippen LogP contribution in [0.1, 0.15) is 22.9 Å². The summed E-state index contributed by atoms with van der Waals surface area (Å²) >= 11 is 0. The molecule has 3 aromatic heterocycles. The largest absolute Gasteiger partial charge is 0.334 e. The van der Waals surface area contributed by atoms with Gasteiger partial charge in [0.25, 0.3) is 0 Å². The van der Waals surface area contributed by atoms with E-state index in [0.29, 0.717) is 18.0 Å². The fourth-order valence-electron chi connectivity index (χ4n) is 5.56. The van der Waals surface area contributed by atoms with Gasteiger partial charge in [-0.1, -0.05) is 0 Å². The summed E-state index contributed by atoms with van der Waals surface area (Å²) in [5, 5.41) is 0. The van der Waals surface area contributed by atoms with Crippen LogP contribution >= 0.6 is 0 Å². The highest BCUT2D eigenvalue weighted by molar-refractivity contribution is 5.88. The van der Waals surface area contributed by atoms with Crippen molar-refractivity contribution in [2.24, 2.45) is 0 Å². The number of hydrogen-bond donors (Lipinski definition) is 0. The number of anilines is 4. The normalized spacial score (nSPS) is 26.3. The summed E-state index contributed by atoms with van der Waals surface area (Å²) in [6, 6.07) is 9.38. The predicted octanol–water partition coefficient (Wildman–Crippen LogP) is 3.11. The van der Waals surface area contributed by atoms with Gasteiger partial charge in [-0.05, 0) is 24.3 Å². The van der Waals surface area contributed by atoms with Gasteiger partial charge in [0.1, 0.15) is 0 Å². The molecule has 0 fully saturated rings. The first-order valence-corrected chi connectivity index (χ1v) is 8.86. The van der Waals surface area contributed by atoms with E-state index in [2.05, 4.69) is 36.9 Å². The highest BCUT2D eigenvalue weighted by Crippen LogP contribution is 2.62. The molecule has 0 saturated heterocycles. The van der Waals surface area contributed by atoms with E-state index >= 15 is 0 Å². The van der Waals surface area contributed by atoms with Crippen LogP contribution < -0.4 is 9.80 Å². The van der Waals surface area contributed by atoms with Gasteiger partial charge in [-0.25, -0.2) is 0 Å². The second-order valence-corrected chi connectivity index (χ2v) is 7.34. The lowest BCUT2D eigenvalue weighted by molar-refractivity contribution is 0.500. The molecule has 7 rings (SSSR count). The van der Waals surface area contributed by atoms with E-state index < -0.39 is 0 Å². The van der Waals surface area contributed by atoms with Gasteiger partial charge in [-0.2, -0.15) is 0 Å². The Morgan fingerprint density at radius 2 is 1.32 bits per heavy atom. The average Bonchev–Trinajstić information content (AvgIpc) is 3.35. The molecule has 25 heavy (non-hydrogen) atoms. The van der Waals surface area contributed by atoms with E-state index in [1.807, 2.05) is 36.9 Å². The first-order chi connectivity index (χ1) is 12.4. The summed E-state index contributed by atoms with van der Waals surface area (Å²) < 4.78 is 0. The molecule has 7 heterocycles. The first-order valence-electron chi connectivity index (χ1n) is 8.86. The molecule has 0 saturated carbocycles. The summed E-state index contributed by atoms with van der Waals surface area (Å²) in [5.74, 6) is 0.497. The number of pyridine rings is 3. The van der Waals surface area contributed by atoms with Crippen molar-refractivity contribution in [1.29, 1.82) is 0 Å². The molecule has 4 aliphatic rings. The second kappa shape index (κ2) is 3.99. The van der Waals surface area contributed by atoms with Crippen LogP contribution in [-0.4, -0.2) is 27.0 Å². The van der Waals surface area contributed by atoms with Crippen LogP contribution in [0.5, 0.6) is 0 Å². The molecule has 0 aliphatic carbocycles. The van der Waals surface area contributed by atoms with Crippen LogP contribution in [0.3, 0.4) is 0 Å². The van der Waals surface area contributed by atoms with Crippen LogP contribution in [-0.2, 0) is 12.8 Å². The molecule has 2 atom stereocenters. The third-order valence-corrected chi connectivity index (χ3v) is 6.35. The Bertz CT molecular complexity index is 982. The number of fused-ring (bicyclic) bond motifs is 10. The molecule has 120 valence electrons. The third kappa shape index (κ3) is 1.29. The molecule has 5 heteroatoms. The van der Waals surface area contributed by atoms with Gasteiger partial charge < -0.3 is 9.80 Å². The minimum absolute atomic E-state index is 0.451. The smallest absolute Gasteiger partial charge is 0.0661 e. The Labute approximate surface area is 145 Å². The van der Waals surface area contributed by atoms with E-state index in [-0.39, 0.29) is 0 Å². The summed E-state index contributed by atoms with van der Waals surface area (Å²) in [6.07, 6.45) is 9.94. The summed E-state index contributed by atoms with van der Waals surface area (Å²) in [5.41, 5.74) is 8.99. The maximum atomic E-state index is 4.64. The van der Waals surface area contributed by atoms with Crippen molar-refractivity contribution >= 4 is 22.7 Å². The molecular weight excluding hydrogens is 310 g/mol. The Balaban J connectivity index is 1.48. The maximum absolute atomic E-state index is 4.64. The molecule has 3 aromatic rings. The van der Waals surface area contributed by atoms with Crippen molar-refractivity contribution in [1.82, 2.24) is 15.0 Å². The standard InChI is InChI=1S/C20H15N5/c1-3-13-11(22-5-1)7-15-19-16-8-12-14(4-2-6-23-12)25(16)18-10-21-9-17(20(18)19)24(13)15/h1-6,9-10,15-16,19H,7-8H2. The van der Waals surface area contributed by atoms with E-state index in [1.54, 1.807) is 0 Å². The predicted molar refractivity (Wildman–Crippen MR) is 94.7 cm³/mol. The van der Waals surface area contributed by atoms with E-state index in [0.717, 1.165) is 12.8 Å². The maximum Gasteiger partial charge on any atom is 0.0661 e. The number of aromatic nitrogens is 3. The quantitative estimate of drug-likeness (QED) is 0.635. The first kappa shape index (κ1) is 12.4. The molecule has 0 spiro atoms. The fourth-order valence-corrected chi connectivity index (χ4v) is 5.56. The molecule has 0 radical (unpaired) electrons. The highest BCUT2D eigenvalue weighted by atomic mass is 15.3. The molecule has 0 amide bonds. The monoisotopic (exact) mass is 325 g/mol. The SMILES string of the molecule is c1cnc2c(c1)N1c3cncc4c3C(C1C2)C1Cc2ncccc2N41. The highest BCUT2D eigenvalue weighted by Gasteiger charge is 2.56. The van der Waals surface area contributed by atoms with Gasteiger partial charge >= 0.3 is 0 Å². The summed E-state index contributed by atoms with van der Waals surface area (Å²) in [6.45, 7) is 0. The minimum atomic E-state index is 0.451. The lowest BCUT2D eigenvalue weighted by atomic mass is 9.88. The van der Waals surface area contributed by atoms with Crippen LogP contribution in [0.25, 0.3) is 0 Å². The van der Waals surface area contributed by atoms with Gasteiger partial charge in [0.15, 0.2) is 0 Å². The third-order valence-electron chi connectivity index (χ3n) is 6.35. The Kier molecular flexibility index (Phi) is 1.98. The Morgan fingerprint density at radius 3 is 1.88 bits per heavy atom. The molecule has 2 unspecified atom stereocenters. The van der Waals surface area contributed by atoms with Crippen LogP contribution in [0.4, 0.5) is 22.7 Å². The van der Waals surface area contributed by atoms with Gasteiger partial charge in [0.05, 0.1) is 46.5 Å². The molecule has 5 nitrogen and oxygen atoms in total. The zero-order chi connectivity index (χ0) is 16.1. The molecule has 0 bridgehead atoms. The van der Waals surface area contributed by atoms with Crippen molar-refractivity contribution in [3.8, 4) is 0 Å². The minimum Gasteiger partial charge on any atom is -0.334 e. The zero-order valence-corrected chi connectivity index (χ0v) is 13.5. The molecular formula is C20H15N5. The van der Waals surface area contributed by atoms with Gasteiger partial charge in [-0.3, -0.25) is 15.0 Å². The van der Waals surface area contributed by atoms with Gasteiger partial charge in [0.2, 0.25) is 0 Å². The van der Waals surface area contributed by atoms with E-state index in [1.165, 1.54) is 39.7 Å². The van der Waals surface area contributed by atoms with Gasteiger partial charge in [0, 0.05) is 48.8 Å². The summed E-state index contributed by atoms with van der Waals surface area (Å²) in [4.78, 5) is 18.9. The van der Waals surface area contributed by atoms with Crippen molar-refractivity contribution in [2.75, 3.05) is 9.80 Å². The summed E-state index contributed by atoms with van der Waals surface area (Å²) in [7, 11) is 0. The van der Waals surface area contributed by atoms with Gasteiger partial charge in [-0.15, -0.1) is 0 Å². The topological polar surface area (TPSA) is 45.2 Å². The molecule has 0 aromatic carbocycles. The fraction of sp³-hybridized carbons (Fsp3) is 0.250. The average molecular weight is 325 g/mol. The van der Waals surface area contributed by atoms with E-state index in [4.69, 9.17) is 0 Å². The Hall–Kier alpha value is -2.95. The van der Waals surface area contributed by atoms with Crippen LogP contribution in [0.15, 0.2) is 49.1 Å². The van der Waals surface area contributed by atoms with E-state index in [9.17, 15) is 0 Å². The van der Waals surface area contributed by atoms with Crippen molar-refractivity contribution in [2.45, 2.75) is 30.8 Å². The molecule has 4 aliphatic heterocycles. The van der Waals surface area contributed by atoms with Crippen molar-refractivity contribution < 1.29 is 0 Å². The molecule has 0 N–H and O–H groups in total. The second-order valence-electron chi connectivity index (χ2n) is 7.34.